The van der Waals surface area contributed by atoms with Crippen LogP contribution >= 0.6 is 49.9 Å². The highest BCUT2D eigenvalue weighted by atomic mass is 127. The number of hydrogen-bond donors (Lipinski definition) is 1. The molecule has 4 nitrogen and oxygen atoms in total. The normalized spacial score (nSPS) is 10.7. The second kappa shape index (κ2) is 6.51. The Morgan fingerprint density at radius 3 is 2.91 bits per heavy atom. The van der Waals surface area contributed by atoms with Crippen LogP contribution in [0.5, 0.6) is 5.75 Å². The number of hydrogen-bond acceptors (Lipinski definition) is 4. The van der Waals surface area contributed by atoms with E-state index in [-0.39, 0.29) is 5.91 Å². The number of nitrogens with one attached hydrogen (secondary N) is 1. The zero-order valence-corrected chi connectivity index (χ0v) is 16.0. The van der Waals surface area contributed by atoms with Crippen LogP contribution in [0.3, 0.4) is 0 Å². The molecular formula is C15H10BrIN2O2S. The molecule has 3 aromatic rings. The third-order valence-corrected chi connectivity index (χ3v) is 5.36. The molecule has 0 aliphatic carbocycles. The lowest BCUT2D eigenvalue weighted by Gasteiger charge is -2.04. The van der Waals surface area contributed by atoms with Gasteiger partial charge in [-0.3, -0.25) is 10.1 Å². The van der Waals surface area contributed by atoms with Crippen molar-refractivity contribution in [2.24, 2.45) is 0 Å². The van der Waals surface area contributed by atoms with Crippen molar-refractivity contribution in [2.75, 3.05) is 12.4 Å². The molecule has 1 heterocycles. The number of aromatic nitrogens is 1. The molecule has 0 radical (unpaired) electrons. The number of rotatable bonds is 3. The molecule has 1 N–H and O–H groups in total. The van der Waals surface area contributed by atoms with Crippen molar-refractivity contribution in [1.82, 2.24) is 4.98 Å². The molecule has 0 atom stereocenters. The first-order valence-corrected chi connectivity index (χ1v) is 8.96. The predicted octanol–water partition coefficient (Wildman–Crippen LogP) is 4.92. The number of ether oxygens (including phenoxy) is 1. The van der Waals surface area contributed by atoms with Crippen molar-refractivity contribution in [2.45, 2.75) is 0 Å². The van der Waals surface area contributed by atoms with E-state index in [4.69, 9.17) is 4.74 Å². The number of nitrogens with zero attached hydrogens (tertiary/aromatic N) is 1. The number of methoxy groups -OCH3 is 1. The molecular weight excluding hydrogens is 479 g/mol. The van der Waals surface area contributed by atoms with E-state index >= 15 is 0 Å². The van der Waals surface area contributed by atoms with E-state index in [1.165, 1.54) is 11.3 Å². The van der Waals surface area contributed by atoms with Gasteiger partial charge in [0.05, 0.1) is 22.9 Å². The molecule has 112 valence electrons. The SMILES string of the molecule is COc1ccc2nc(NC(=O)c3cc(Br)ccc3I)sc2c1. The highest BCUT2D eigenvalue weighted by Crippen LogP contribution is 2.29. The molecule has 1 amide bonds. The van der Waals surface area contributed by atoms with Gasteiger partial charge in [-0.2, -0.15) is 0 Å². The van der Waals surface area contributed by atoms with E-state index in [0.29, 0.717) is 10.7 Å². The van der Waals surface area contributed by atoms with Crippen molar-refractivity contribution >= 4 is 71.1 Å². The number of anilines is 1. The van der Waals surface area contributed by atoms with Gasteiger partial charge in [0.15, 0.2) is 5.13 Å². The van der Waals surface area contributed by atoms with Crippen LogP contribution in [0.4, 0.5) is 5.13 Å². The van der Waals surface area contributed by atoms with Gasteiger partial charge < -0.3 is 4.74 Å². The summed E-state index contributed by atoms with van der Waals surface area (Å²) in [7, 11) is 1.63. The van der Waals surface area contributed by atoms with Crippen LogP contribution in [0.25, 0.3) is 10.2 Å². The Hall–Kier alpha value is -1.19. The summed E-state index contributed by atoms with van der Waals surface area (Å²) in [4.78, 5) is 16.8. The van der Waals surface area contributed by atoms with Crippen LogP contribution in [0.1, 0.15) is 10.4 Å². The number of thiazole rings is 1. The van der Waals surface area contributed by atoms with Crippen molar-refractivity contribution in [1.29, 1.82) is 0 Å². The number of carbonyl (C=O) groups excluding carboxylic acids is 1. The van der Waals surface area contributed by atoms with E-state index < -0.39 is 0 Å². The lowest BCUT2D eigenvalue weighted by Crippen LogP contribution is -2.13. The monoisotopic (exact) mass is 488 g/mol. The van der Waals surface area contributed by atoms with Crippen molar-refractivity contribution in [3.63, 3.8) is 0 Å². The minimum absolute atomic E-state index is 0.170. The van der Waals surface area contributed by atoms with E-state index in [0.717, 1.165) is 24.0 Å². The summed E-state index contributed by atoms with van der Waals surface area (Å²) in [6.07, 6.45) is 0. The summed E-state index contributed by atoms with van der Waals surface area (Å²) in [6.45, 7) is 0. The second-order valence-electron chi connectivity index (χ2n) is 4.43. The summed E-state index contributed by atoms with van der Waals surface area (Å²) >= 11 is 6.95. The standard InChI is InChI=1S/C15H10BrIN2O2S/c1-21-9-3-5-12-13(7-9)22-15(18-12)19-14(20)10-6-8(16)2-4-11(10)17/h2-7H,1H3,(H,18,19,20). The van der Waals surface area contributed by atoms with Gasteiger partial charge >= 0.3 is 0 Å². The van der Waals surface area contributed by atoms with Crippen LogP contribution in [0, 0.1) is 3.57 Å². The maximum Gasteiger partial charge on any atom is 0.258 e. The van der Waals surface area contributed by atoms with E-state index in [2.05, 4.69) is 48.8 Å². The van der Waals surface area contributed by atoms with Gasteiger partial charge in [0, 0.05) is 8.04 Å². The fourth-order valence-corrected chi connectivity index (χ4v) is 3.75. The van der Waals surface area contributed by atoms with Crippen LogP contribution in [-0.2, 0) is 0 Å². The molecule has 3 rings (SSSR count). The molecule has 0 unspecified atom stereocenters. The van der Waals surface area contributed by atoms with Crippen LogP contribution in [0.15, 0.2) is 40.9 Å². The maximum atomic E-state index is 12.4. The Balaban J connectivity index is 1.89. The summed E-state index contributed by atoms with van der Waals surface area (Å²) < 4.78 is 7.92. The summed E-state index contributed by atoms with van der Waals surface area (Å²) in [6, 6.07) is 11.2. The maximum absolute atomic E-state index is 12.4. The summed E-state index contributed by atoms with van der Waals surface area (Å²) in [5.74, 6) is 0.604. The van der Waals surface area contributed by atoms with Gasteiger partial charge in [0.25, 0.3) is 5.91 Å². The quantitative estimate of drug-likeness (QED) is 0.532. The minimum atomic E-state index is -0.170. The van der Waals surface area contributed by atoms with Crippen LogP contribution in [0.2, 0.25) is 0 Å². The number of amides is 1. The molecule has 0 saturated carbocycles. The van der Waals surface area contributed by atoms with Gasteiger partial charge in [-0.15, -0.1) is 0 Å². The Labute approximate surface area is 153 Å². The van der Waals surface area contributed by atoms with E-state index in [1.807, 2.05) is 30.3 Å². The van der Waals surface area contributed by atoms with Crippen molar-refractivity contribution in [3.05, 3.63) is 50.0 Å². The first kappa shape index (κ1) is 15.7. The lowest BCUT2D eigenvalue weighted by atomic mass is 10.2. The second-order valence-corrected chi connectivity index (χ2v) is 7.54. The highest BCUT2D eigenvalue weighted by molar-refractivity contribution is 14.1. The van der Waals surface area contributed by atoms with Gasteiger partial charge in [-0.05, 0) is 59.0 Å². The Bertz CT molecular complexity index is 866. The average Bonchev–Trinajstić information content (AvgIpc) is 2.90. The third kappa shape index (κ3) is 3.26. The molecule has 7 heteroatoms. The largest absolute Gasteiger partial charge is 0.497 e. The molecule has 0 aliphatic rings. The summed E-state index contributed by atoms with van der Waals surface area (Å²) in [5, 5.41) is 3.43. The molecule has 0 aliphatic heterocycles. The molecule has 0 saturated heterocycles. The van der Waals surface area contributed by atoms with Gasteiger partial charge in [-0.25, -0.2) is 4.98 Å². The number of carbonyl (C=O) groups is 1. The third-order valence-electron chi connectivity index (χ3n) is 2.99. The van der Waals surface area contributed by atoms with E-state index in [1.54, 1.807) is 13.2 Å². The first-order chi connectivity index (χ1) is 10.6. The van der Waals surface area contributed by atoms with Crippen molar-refractivity contribution < 1.29 is 9.53 Å². The highest BCUT2D eigenvalue weighted by Gasteiger charge is 2.13. The Morgan fingerprint density at radius 2 is 2.14 bits per heavy atom. The first-order valence-electron chi connectivity index (χ1n) is 6.28. The fourth-order valence-electron chi connectivity index (χ4n) is 1.92. The molecule has 0 bridgehead atoms. The smallest absolute Gasteiger partial charge is 0.258 e. The molecule has 0 spiro atoms. The van der Waals surface area contributed by atoms with Crippen LogP contribution in [-0.4, -0.2) is 18.0 Å². The summed E-state index contributed by atoms with van der Waals surface area (Å²) in [5.41, 5.74) is 1.46. The molecule has 2 aromatic carbocycles. The van der Waals surface area contributed by atoms with Crippen LogP contribution < -0.4 is 10.1 Å². The lowest BCUT2D eigenvalue weighted by molar-refractivity contribution is 0.102. The molecule has 0 fully saturated rings. The number of fused-ring (bicyclic) bond motifs is 1. The number of benzene rings is 2. The molecule has 1 aromatic heterocycles. The Morgan fingerprint density at radius 1 is 1.32 bits per heavy atom. The molecule has 22 heavy (non-hydrogen) atoms. The topological polar surface area (TPSA) is 51.2 Å². The van der Waals surface area contributed by atoms with Gasteiger partial charge in [0.2, 0.25) is 0 Å². The predicted molar refractivity (Wildman–Crippen MR) is 101 cm³/mol. The van der Waals surface area contributed by atoms with E-state index in [9.17, 15) is 4.79 Å². The fraction of sp³-hybridized carbons (Fsp3) is 0.0667. The average molecular weight is 489 g/mol. The number of halogens is 2. The van der Waals surface area contributed by atoms with Gasteiger partial charge in [-0.1, -0.05) is 27.3 Å². The Kier molecular flexibility index (Phi) is 4.65. The van der Waals surface area contributed by atoms with Gasteiger partial charge in [0.1, 0.15) is 5.75 Å². The zero-order valence-electron chi connectivity index (χ0n) is 11.4. The minimum Gasteiger partial charge on any atom is -0.497 e. The zero-order chi connectivity index (χ0) is 15.7. The van der Waals surface area contributed by atoms with Crippen molar-refractivity contribution in [3.8, 4) is 5.75 Å².